The first-order valence-corrected chi connectivity index (χ1v) is 5.94. The monoisotopic (exact) mass is 272 g/mol. The number of nitrogens with two attached hydrogens (primary N) is 1. The van der Waals surface area contributed by atoms with Crippen LogP contribution in [0.4, 0.5) is 0 Å². The van der Waals surface area contributed by atoms with Crippen LogP contribution in [-0.4, -0.2) is 19.1 Å². The van der Waals surface area contributed by atoms with Gasteiger partial charge in [0.1, 0.15) is 5.75 Å². The van der Waals surface area contributed by atoms with Crippen LogP contribution in [-0.2, 0) is 4.79 Å². The molecule has 1 aromatic rings. The lowest BCUT2D eigenvalue weighted by Gasteiger charge is -2.20. The molecule has 1 rings (SSSR count). The summed E-state index contributed by atoms with van der Waals surface area (Å²) >= 11 is 0. The van der Waals surface area contributed by atoms with E-state index in [2.05, 4.69) is 5.32 Å². The SMILES string of the molecule is CCOc1ccccc1C(CC)NC(=O)CN.Cl. The van der Waals surface area contributed by atoms with Crippen LogP contribution in [0.2, 0.25) is 0 Å². The molecule has 0 aliphatic heterocycles. The Labute approximate surface area is 114 Å². The molecule has 0 aliphatic carbocycles. The number of amides is 1. The van der Waals surface area contributed by atoms with Gasteiger partial charge in [-0.25, -0.2) is 0 Å². The zero-order valence-electron chi connectivity index (χ0n) is 10.8. The lowest BCUT2D eigenvalue weighted by molar-refractivity contribution is -0.120. The molecular weight excluding hydrogens is 252 g/mol. The van der Waals surface area contributed by atoms with Crippen molar-refractivity contribution >= 4 is 18.3 Å². The number of hydrogen-bond acceptors (Lipinski definition) is 3. The quantitative estimate of drug-likeness (QED) is 0.833. The maximum Gasteiger partial charge on any atom is 0.234 e. The summed E-state index contributed by atoms with van der Waals surface area (Å²) in [4.78, 5) is 11.3. The van der Waals surface area contributed by atoms with Gasteiger partial charge in [0.15, 0.2) is 0 Å². The minimum atomic E-state index is -0.150. The van der Waals surface area contributed by atoms with Gasteiger partial charge in [-0.3, -0.25) is 4.79 Å². The van der Waals surface area contributed by atoms with Crippen molar-refractivity contribution in [3.8, 4) is 5.75 Å². The van der Waals surface area contributed by atoms with Crippen molar-refractivity contribution in [3.05, 3.63) is 29.8 Å². The molecule has 0 spiro atoms. The summed E-state index contributed by atoms with van der Waals surface area (Å²) in [6.45, 7) is 4.58. The van der Waals surface area contributed by atoms with Crippen LogP contribution in [0.15, 0.2) is 24.3 Å². The smallest absolute Gasteiger partial charge is 0.234 e. The average molecular weight is 273 g/mol. The molecule has 4 nitrogen and oxygen atoms in total. The molecule has 0 saturated heterocycles. The van der Waals surface area contributed by atoms with E-state index in [-0.39, 0.29) is 30.9 Å². The number of halogens is 1. The number of para-hydroxylation sites is 1. The first-order valence-electron chi connectivity index (χ1n) is 5.94. The highest BCUT2D eigenvalue weighted by Gasteiger charge is 2.15. The van der Waals surface area contributed by atoms with Gasteiger partial charge in [-0.1, -0.05) is 25.1 Å². The summed E-state index contributed by atoms with van der Waals surface area (Å²) in [5.41, 5.74) is 6.31. The van der Waals surface area contributed by atoms with Gasteiger partial charge < -0.3 is 15.8 Å². The molecular formula is C13H21ClN2O2. The van der Waals surface area contributed by atoms with Gasteiger partial charge in [-0.2, -0.15) is 0 Å². The van der Waals surface area contributed by atoms with E-state index >= 15 is 0 Å². The summed E-state index contributed by atoms with van der Waals surface area (Å²) in [5, 5.41) is 2.89. The van der Waals surface area contributed by atoms with E-state index in [0.717, 1.165) is 17.7 Å². The van der Waals surface area contributed by atoms with Gasteiger partial charge in [0.2, 0.25) is 5.91 Å². The van der Waals surface area contributed by atoms with E-state index in [0.29, 0.717) is 6.61 Å². The molecule has 0 fully saturated rings. The molecule has 1 unspecified atom stereocenters. The van der Waals surface area contributed by atoms with Crippen molar-refractivity contribution in [2.45, 2.75) is 26.3 Å². The van der Waals surface area contributed by atoms with Crippen molar-refractivity contribution in [2.24, 2.45) is 5.73 Å². The fourth-order valence-corrected chi connectivity index (χ4v) is 1.71. The predicted octanol–water partition coefficient (Wildman–Crippen LogP) is 2.03. The second-order valence-electron chi connectivity index (χ2n) is 3.70. The normalized spacial score (nSPS) is 11.3. The largest absolute Gasteiger partial charge is 0.494 e. The van der Waals surface area contributed by atoms with Crippen LogP contribution >= 0.6 is 12.4 Å². The average Bonchev–Trinajstić information content (AvgIpc) is 2.37. The highest BCUT2D eigenvalue weighted by molar-refractivity contribution is 5.85. The molecule has 1 atom stereocenters. The summed E-state index contributed by atoms with van der Waals surface area (Å²) in [5.74, 6) is 0.669. The van der Waals surface area contributed by atoms with E-state index in [4.69, 9.17) is 10.5 Å². The Kier molecular flexibility index (Phi) is 8.16. The molecule has 0 aliphatic rings. The fraction of sp³-hybridized carbons (Fsp3) is 0.462. The van der Waals surface area contributed by atoms with E-state index in [1.807, 2.05) is 38.1 Å². The minimum absolute atomic E-state index is 0. The lowest BCUT2D eigenvalue weighted by Crippen LogP contribution is -2.33. The first-order chi connectivity index (χ1) is 8.22. The van der Waals surface area contributed by atoms with Crippen LogP contribution in [0.25, 0.3) is 0 Å². The van der Waals surface area contributed by atoms with E-state index in [9.17, 15) is 4.79 Å². The standard InChI is InChI=1S/C13H20N2O2.ClH/c1-3-11(15-13(16)9-14)10-7-5-6-8-12(10)17-4-2;/h5-8,11H,3-4,9,14H2,1-2H3,(H,15,16);1H. The van der Waals surface area contributed by atoms with Gasteiger partial charge in [0, 0.05) is 5.56 Å². The summed E-state index contributed by atoms with van der Waals surface area (Å²) in [6, 6.07) is 7.70. The number of hydrogen-bond donors (Lipinski definition) is 2. The van der Waals surface area contributed by atoms with Crippen molar-refractivity contribution in [2.75, 3.05) is 13.2 Å². The number of nitrogens with one attached hydrogen (secondary N) is 1. The third kappa shape index (κ3) is 4.55. The van der Waals surface area contributed by atoms with Gasteiger partial charge in [0.25, 0.3) is 0 Å². The van der Waals surface area contributed by atoms with Gasteiger partial charge in [0.05, 0.1) is 19.2 Å². The summed E-state index contributed by atoms with van der Waals surface area (Å²) in [6.07, 6.45) is 0.801. The zero-order chi connectivity index (χ0) is 12.7. The Morgan fingerprint density at radius 2 is 2.06 bits per heavy atom. The van der Waals surface area contributed by atoms with Crippen molar-refractivity contribution < 1.29 is 9.53 Å². The van der Waals surface area contributed by atoms with Gasteiger partial charge >= 0.3 is 0 Å². The molecule has 0 radical (unpaired) electrons. The third-order valence-electron chi connectivity index (χ3n) is 2.52. The Morgan fingerprint density at radius 3 is 2.61 bits per heavy atom. The number of rotatable bonds is 6. The molecule has 18 heavy (non-hydrogen) atoms. The fourth-order valence-electron chi connectivity index (χ4n) is 1.71. The molecule has 1 aromatic carbocycles. The van der Waals surface area contributed by atoms with Crippen molar-refractivity contribution in [1.29, 1.82) is 0 Å². The summed E-state index contributed by atoms with van der Waals surface area (Å²) < 4.78 is 5.55. The number of ether oxygens (including phenoxy) is 1. The van der Waals surface area contributed by atoms with Crippen molar-refractivity contribution in [3.63, 3.8) is 0 Å². The molecule has 5 heteroatoms. The summed E-state index contributed by atoms with van der Waals surface area (Å²) in [7, 11) is 0. The topological polar surface area (TPSA) is 64.3 Å². The number of carbonyl (C=O) groups excluding carboxylic acids is 1. The second kappa shape index (κ2) is 8.78. The minimum Gasteiger partial charge on any atom is -0.494 e. The van der Waals surface area contributed by atoms with Crippen LogP contribution in [0.1, 0.15) is 31.9 Å². The van der Waals surface area contributed by atoms with Crippen LogP contribution in [0.3, 0.4) is 0 Å². The Morgan fingerprint density at radius 1 is 1.39 bits per heavy atom. The molecule has 1 amide bonds. The highest BCUT2D eigenvalue weighted by atomic mass is 35.5. The van der Waals surface area contributed by atoms with Crippen LogP contribution < -0.4 is 15.8 Å². The van der Waals surface area contributed by atoms with Crippen LogP contribution in [0.5, 0.6) is 5.75 Å². The Hall–Kier alpha value is -1.26. The number of benzene rings is 1. The van der Waals surface area contributed by atoms with E-state index < -0.39 is 0 Å². The maximum atomic E-state index is 11.3. The number of carbonyl (C=O) groups is 1. The molecule has 102 valence electrons. The molecule has 3 N–H and O–H groups in total. The molecule has 0 aromatic heterocycles. The molecule has 0 heterocycles. The third-order valence-corrected chi connectivity index (χ3v) is 2.52. The van der Waals surface area contributed by atoms with E-state index in [1.54, 1.807) is 0 Å². The predicted molar refractivity (Wildman–Crippen MR) is 75.1 cm³/mol. The molecule has 0 saturated carbocycles. The molecule has 0 bridgehead atoms. The van der Waals surface area contributed by atoms with Crippen molar-refractivity contribution in [1.82, 2.24) is 5.32 Å². The van der Waals surface area contributed by atoms with Crippen LogP contribution in [0, 0.1) is 0 Å². The second-order valence-corrected chi connectivity index (χ2v) is 3.70. The Bertz CT molecular complexity index is 372. The van der Waals surface area contributed by atoms with Gasteiger partial charge in [-0.05, 0) is 19.4 Å². The lowest BCUT2D eigenvalue weighted by atomic mass is 10.0. The zero-order valence-corrected chi connectivity index (χ0v) is 11.6. The maximum absolute atomic E-state index is 11.3. The highest BCUT2D eigenvalue weighted by Crippen LogP contribution is 2.26. The van der Waals surface area contributed by atoms with Gasteiger partial charge in [-0.15, -0.1) is 12.4 Å². The first kappa shape index (κ1) is 16.7. The van der Waals surface area contributed by atoms with E-state index in [1.165, 1.54) is 0 Å². The Balaban J connectivity index is 0.00000289.